The van der Waals surface area contributed by atoms with Crippen molar-refractivity contribution in [3.8, 4) is 0 Å². The molecule has 2 fully saturated rings. The molecule has 18 heavy (non-hydrogen) atoms. The fourth-order valence-electron chi connectivity index (χ4n) is 2.21. The van der Waals surface area contributed by atoms with Crippen LogP contribution in [0, 0.1) is 0 Å². The first-order valence-electron chi connectivity index (χ1n) is 6.54. The lowest BCUT2D eigenvalue weighted by molar-refractivity contribution is -0.132. The van der Waals surface area contributed by atoms with E-state index in [2.05, 4.69) is 33.9 Å². The van der Waals surface area contributed by atoms with E-state index in [9.17, 15) is 9.90 Å². The van der Waals surface area contributed by atoms with Crippen molar-refractivity contribution in [2.24, 2.45) is 0 Å². The van der Waals surface area contributed by atoms with E-state index < -0.39 is 13.9 Å². The Morgan fingerprint density at radius 2 is 2.00 bits per heavy atom. The molecule has 0 bridgehead atoms. The van der Waals surface area contributed by atoms with Crippen LogP contribution >= 0.6 is 0 Å². The summed E-state index contributed by atoms with van der Waals surface area (Å²) in [5.74, 6) is 0.0000754. The average molecular weight is 272 g/mol. The van der Waals surface area contributed by atoms with E-state index in [0.29, 0.717) is 0 Å². The normalized spacial score (nSPS) is 40.6. The van der Waals surface area contributed by atoms with Gasteiger partial charge in [0, 0.05) is 6.42 Å². The monoisotopic (exact) mass is 272 g/mol. The second-order valence-electron chi connectivity index (χ2n) is 7.32. The molecule has 1 N–H and O–H groups in total. The number of epoxide rings is 1. The molecule has 104 valence electrons. The third kappa shape index (κ3) is 2.29. The van der Waals surface area contributed by atoms with Crippen molar-refractivity contribution >= 4 is 14.1 Å². The van der Waals surface area contributed by atoms with Crippen LogP contribution in [0.3, 0.4) is 0 Å². The zero-order chi connectivity index (χ0) is 13.9. The molecule has 4 atom stereocenters. The summed E-state index contributed by atoms with van der Waals surface area (Å²) < 4.78 is 11.7. The van der Waals surface area contributed by atoms with E-state index in [1.807, 2.05) is 0 Å². The molecule has 4 nitrogen and oxygen atoms in total. The maximum Gasteiger partial charge on any atom is 0.192 e. The van der Waals surface area contributed by atoms with Crippen LogP contribution in [0.4, 0.5) is 0 Å². The van der Waals surface area contributed by atoms with E-state index in [-0.39, 0.29) is 35.6 Å². The van der Waals surface area contributed by atoms with Crippen LogP contribution in [0.25, 0.3) is 0 Å². The highest BCUT2D eigenvalue weighted by molar-refractivity contribution is 6.74. The maximum absolute atomic E-state index is 11.6. The number of rotatable bonds is 2. The first-order valence-corrected chi connectivity index (χ1v) is 9.45. The molecule has 1 heterocycles. The zero-order valence-corrected chi connectivity index (χ0v) is 13.1. The number of ether oxygens (including phenoxy) is 1. The van der Waals surface area contributed by atoms with Gasteiger partial charge < -0.3 is 14.3 Å². The molecule has 0 amide bonds. The van der Waals surface area contributed by atoms with Gasteiger partial charge in [-0.05, 0) is 25.1 Å². The van der Waals surface area contributed by atoms with Gasteiger partial charge >= 0.3 is 0 Å². The molecule has 0 radical (unpaired) electrons. The average Bonchev–Trinajstić information content (AvgIpc) is 2.89. The number of ketones is 1. The Hall–Kier alpha value is -0.233. The molecule has 0 aromatic carbocycles. The fraction of sp³-hybridized carbons (Fsp3) is 0.923. The largest absolute Gasteiger partial charge is 0.408 e. The van der Waals surface area contributed by atoms with Crippen molar-refractivity contribution in [2.45, 2.75) is 76.2 Å². The first-order chi connectivity index (χ1) is 7.96. The van der Waals surface area contributed by atoms with E-state index in [4.69, 9.17) is 9.16 Å². The second-order valence-corrected chi connectivity index (χ2v) is 12.1. The molecule has 0 aromatic rings. The van der Waals surface area contributed by atoms with Crippen molar-refractivity contribution in [3.05, 3.63) is 0 Å². The van der Waals surface area contributed by atoms with E-state index in [1.165, 1.54) is 0 Å². The molecule has 0 unspecified atom stereocenters. The Morgan fingerprint density at radius 1 is 1.44 bits per heavy atom. The lowest BCUT2D eigenvalue weighted by Gasteiger charge is -2.44. The second kappa shape index (κ2) is 3.88. The van der Waals surface area contributed by atoms with Crippen LogP contribution in [0.2, 0.25) is 18.1 Å². The van der Waals surface area contributed by atoms with Crippen molar-refractivity contribution in [1.82, 2.24) is 0 Å². The molecule has 1 aliphatic heterocycles. The van der Waals surface area contributed by atoms with Gasteiger partial charge in [-0.2, -0.15) is 0 Å². The Labute approximate surface area is 110 Å². The minimum Gasteiger partial charge on any atom is -0.408 e. The standard InChI is InChI=1S/C13H24O4Si/c1-12(2,3)18(5,6)17-11-10-9(16-10)8(14)7-13(11,4)15/h9-11,15H,7H2,1-6H3/t9-,10-,11-,13+/m1/s1. The fourth-order valence-corrected chi connectivity index (χ4v) is 3.59. The molecule has 5 heteroatoms. The van der Waals surface area contributed by atoms with Crippen LogP contribution in [-0.2, 0) is 14.0 Å². The number of fused-ring (bicyclic) bond motifs is 1. The summed E-state index contributed by atoms with van der Waals surface area (Å²) in [5.41, 5.74) is -1.11. The van der Waals surface area contributed by atoms with Crippen molar-refractivity contribution in [1.29, 1.82) is 0 Å². The highest BCUT2D eigenvalue weighted by Gasteiger charge is 2.62. The Morgan fingerprint density at radius 3 is 2.50 bits per heavy atom. The van der Waals surface area contributed by atoms with Crippen LogP contribution in [0.5, 0.6) is 0 Å². The van der Waals surface area contributed by atoms with Gasteiger partial charge in [0.05, 0.1) is 5.60 Å². The van der Waals surface area contributed by atoms with Gasteiger partial charge in [0.15, 0.2) is 14.1 Å². The lowest BCUT2D eigenvalue weighted by atomic mass is 9.83. The van der Waals surface area contributed by atoms with Crippen molar-refractivity contribution < 1.29 is 19.1 Å². The van der Waals surface area contributed by atoms with Crippen molar-refractivity contribution in [3.63, 3.8) is 0 Å². The molecule has 2 aliphatic rings. The van der Waals surface area contributed by atoms with Gasteiger partial charge in [-0.25, -0.2) is 0 Å². The first kappa shape index (κ1) is 14.2. The van der Waals surface area contributed by atoms with Gasteiger partial charge in [0.2, 0.25) is 0 Å². The smallest absolute Gasteiger partial charge is 0.192 e. The van der Waals surface area contributed by atoms with E-state index in [0.717, 1.165) is 0 Å². The number of aliphatic hydroxyl groups is 1. The molecule has 0 spiro atoms. The van der Waals surface area contributed by atoms with Crippen molar-refractivity contribution in [2.75, 3.05) is 0 Å². The predicted molar refractivity (Wildman–Crippen MR) is 71.0 cm³/mol. The van der Waals surface area contributed by atoms with Crippen LogP contribution in [0.15, 0.2) is 0 Å². The van der Waals surface area contributed by atoms with E-state index >= 15 is 0 Å². The molecule has 1 saturated heterocycles. The third-order valence-electron chi connectivity index (χ3n) is 4.51. The van der Waals surface area contributed by atoms with Crippen LogP contribution < -0.4 is 0 Å². The Balaban J connectivity index is 2.17. The molecule has 1 aliphatic carbocycles. The minimum atomic E-state index is -1.97. The summed E-state index contributed by atoms with van der Waals surface area (Å²) in [6.45, 7) is 12.5. The summed E-state index contributed by atoms with van der Waals surface area (Å²) in [4.78, 5) is 11.6. The van der Waals surface area contributed by atoms with E-state index in [1.54, 1.807) is 6.92 Å². The number of carbonyl (C=O) groups is 1. The molecule has 2 rings (SSSR count). The van der Waals surface area contributed by atoms with Gasteiger partial charge in [0.1, 0.15) is 18.3 Å². The molecular formula is C13H24O4Si. The molecular weight excluding hydrogens is 248 g/mol. The minimum absolute atomic E-state index is 0.0000754. The lowest BCUT2D eigenvalue weighted by Crippen LogP contribution is -2.57. The number of hydrogen-bond donors (Lipinski definition) is 1. The summed E-state index contributed by atoms with van der Waals surface area (Å²) in [6.07, 6.45) is -0.815. The summed E-state index contributed by atoms with van der Waals surface area (Å²) in [6, 6.07) is 0. The highest BCUT2D eigenvalue weighted by Crippen LogP contribution is 2.46. The highest BCUT2D eigenvalue weighted by atomic mass is 28.4. The van der Waals surface area contributed by atoms with Crippen LogP contribution in [-0.4, -0.2) is 43.1 Å². The molecule has 1 saturated carbocycles. The third-order valence-corrected chi connectivity index (χ3v) is 8.97. The number of Topliss-reactive ketones (excluding diaryl/α,β-unsaturated/α-hetero) is 1. The van der Waals surface area contributed by atoms with Gasteiger partial charge in [-0.1, -0.05) is 20.8 Å². The van der Waals surface area contributed by atoms with Crippen LogP contribution in [0.1, 0.15) is 34.1 Å². The van der Waals surface area contributed by atoms with Gasteiger partial charge in [0.25, 0.3) is 0 Å². The quantitative estimate of drug-likeness (QED) is 0.616. The maximum atomic E-state index is 11.6. The Kier molecular flexibility index (Phi) is 3.06. The van der Waals surface area contributed by atoms with Gasteiger partial charge in [-0.15, -0.1) is 0 Å². The predicted octanol–water partition coefficient (Wildman–Crippen LogP) is 1.87. The topological polar surface area (TPSA) is 59.1 Å². The molecule has 0 aromatic heterocycles. The summed E-state index contributed by atoms with van der Waals surface area (Å²) in [7, 11) is -1.97. The SMILES string of the molecule is CC(C)(C)[Si](C)(C)O[C@@H]1[C@@H]2O[C@@H]2C(=O)C[C@]1(C)O. The zero-order valence-electron chi connectivity index (χ0n) is 12.1. The Bertz CT molecular complexity index is 370. The summed E-state index contributed by atoms with van der Waals surface area (Å²) in [5, 5.41) is 10.5. The summed E-state index contributed by atoms with van der Waals surface area (Å²) >= 11 is 0. The number of carbonyl (C=O) groups excluding carboxylic acids is 1. The van der Waals surface area contributed by atoms with Gasteiger partial charge in [-0.3, -0.25) is 4.79 Å². The number of hydrogen-bond acceptors (Lipinski definition) is 4.